The fraction of sp³-hybridized carbons (Fsp3) is 0.571. The van der Waals surface area contributed by atoms with Crippen LogP contribution in [0.3, 0.4) is 0 Å². The number of carbonyl (C=O) groups excluding carboxylic acids is 2. The van der Waals surface area contributed by atoms with Crippen LogP contribution in [0.25, 0.3) is 0 Å². The van der Waals surface area contributed by atoms with Crippen molar-refractivity contribution in [2.24, 2.45) is 5.92 Å². The van der Waals surface area contributed by atoms with E-state index in [0.717, 1.165) is 11.3 Å². The largest absolute Gasteiger partial charge is 0.279 e. The summed E-state index contributed by atoms with van der Waals surface area (Å²) in [5, 5.41) is 0. The topological polar surface area (TPSA) is 58.2 Å². The van der Waals surface area contributed by atoms with E-state index in [-0.39, 0.29) is 11.8 Å². The Bertz CT molecular complexity index is 450. The lowest BCUT2D eigenvalue weighted by Crippen LogP contribution is -2.41. The van der Waals surface area contributed by atoms with Gasteiger partial charge in [0.15, 0.2) is 0 Å². The molecule has 2 rings (SSSR count). The Morgan fingerprint density at radius 2 is 2.00 bits per heavy atom. The van der Waals surface area contributed by atoms with Crippen molar-refractivity contribution >= 4 is 23.2 Å². The van der Waals surface area contributed by atoms with Gasteiger partial charge in [0.2, 0.25) is 5.91 Å². The molecule has 0 radical (unpaired) electrons. The van der Waals surface area contributed by atoms with E-state index in [1.54, 1.807) is 6.07 Å². The fourth-order valence-electron chi connectivity index (χ4n) is 2.44. The summed E-state index contributed by atoms with van der Waals surface area (Å²) in [7, 11) is 0. The summed E-state index contributed by atoms with van der Waals surface area (Å²) in [5.74, 6) is 0.349. The SMILES string of the molecule is Cc1ccc(C(=O)NNC(=O)CCC2CCCC2)s1. The first-order chi connectivity index (χ1) is 9.15. The first kappa shape index (κ1) is 14.1. The highest BCUT2D eigenvalue weighted by Crippen LogP contribution is 2.28. The molecule has 19 heavy (non-hydrogen) atoms. The van der Waals surface area contributed by atoms with E-state index in [1.807, 2.05) is 13.0 Å². The van der Waals surface area contributed by atoms with Gasteiger partial charge in [-0.25, -0.2) is 0 Å². The number of rotatable bonds is 4. The second-order valence-corrected chi connectivity index (χ2v) is 6.39. The van der Waals surface area contributed by atoms with Gasteiger partial charge in [0, 0.05) is 11.3 Å². The molecule has 1 fully saturated rings. The number of hydrogen-bond donors (Lipinski definition) is 2. The molecule has 0 bridgehead atoms. The lowest BCUT2D eigenvalue weighted by molar-refractivity contribution is -0.122. The molecule has 1 aromatic rings. The monoisotopic (exact) mass is 280 g/mol. The summed E-state index contributed by atoms with van der Waals surface area (Å²) in [5.41, 5.74) is 4.94. The molecule has 1 aliphatic carbocycles. The smallest absolute Gasteiger partial charge is 0.273 e. The van der Waals surface area contributed by atoms with Crippen LogP contribution < -0.4 is 10.9 Å². The Labute approximate surface area is 117 Å². The Hall–Kier alpha value is -1.36. The molecule has 0 aliphatic heterocycles. The van der Waals surface area contributed by atoms with Gasteiger partial charge in [-0.05, 0) is 31.4 Å². The molecule has 104 valence electrons. The summed E-state index contributed by atoms with van der Waals surface area (Å²) < 4.78 is 0. The van der Waals surface area contributed by atoms with E-state index in [1.165, 1.54) is 37.0 Å². The minimum Gasteiger partial charge on any atom is -0.273 e. The normalized spacial score (nSPS) is 15.4. The highest BCUT2D eigenvalue weighted by atomic mass is 32.1. The van der Waals surface area contributed by atoms with Crippen molar-refractivity contribution in [3.63, 3.8) is 0 Å². The van der Waals surface area contributed by atoms with Crippen molar-refractivity contribution in [2.75, 3.05) is 0 Å². The molecule has 0 unspecified atom stereocenters. The average molecular weight is 280 g/mol. The second-order valence-electron chi connectivity index (χ2n) is 5.10. The zero-order chi connectivity index (χ0) is 13.7. The summed E-state index contributed by atoms with van der Waals surface area (Å²) in [6, 6.07) is 3.65. The number of carbonyl (C=O) groups is 2. The molecule has 5 heteroatoms. The van der Waals surface area contributed by atoms with E-state index in [2.05, 4.69) is 10.9 Å². The molecule has 2 amide bonds. The molecule has 0 saturated heterocycles. The van der Waals surface area contributed by atoms with E-state index in [4.69, 9.17) is 0 Å². The van der Waals surface area contributed by atoms with E-state index in [0.29, 0.717) is 17.2 Å². The van der Waals surface area contributed by atoms with Crippen LogP contribution in [-0.2, 0) is 4.79 Å². The number of nitrogens with one attached hydrogen (secondary N) is 2. The molecule has 0 atom stereocenters. The highest BCUT2D eigenvalue weighted by Gasteiger charge is 2.16. The number of amides is 2. The third kappa shape index (κ3) is 4.35. The van der Waals surface area contributed by atoms with Crippen molar-refractivity contribution in [2.45, 2.75) is 45.4 Å². The van der Waals surface area contributed by atoms with Gasteiger partial charge in [0.1, 0.15) is 0 Å². The van der Waals surface area contributed by atoms with Crippen LogP contribution >= 0.6 is 11.3 Å². The average Bonchev–Trinajstić information content (AvgIpc) is 3.04. The maximum absolute atomic E-state index is 11.7. The van der Waals surface area contributed by atoms with Gasteiger partial charge < -0.3 is 0 Å². The zero-order valence-corrected chi connectivity index (χ0v) is 12.0. The molecule has 1 heterocycles. The van der Waals surface area contributed by atoms with Gasteiger partial charge >= 0.3 is 0 Å². The summed E-state index contributed by atoms with van der Waals surface area (Å²) in [4.78, 5) is 25.0. The van der Waals surface area contributed by atoms with Crippen LogP contribution in [0, 0.1) is 12.8 Å². The predicted molar refractivity (Wildman–Crippen MR) is 75.9 cm³/mol. The third-order valence-electron chi connectivity index (χ3n) is 3.53. The maximum Gasteiger partial charge on any atom is 0.279 e. The minimum atomic E-state index is -0.243. The quantitative estimate of drug-likeness (QED) is 0.833. The number of hydrazine groups is 1. The maximum atomic E-state index is 11.7. The second kappa shape index (κ2) is 6.70. The van der Waals surface area contributed by atoms with Crippen molar-refractivity contribution in [1.29, 1.82) is 0 Å². The molecule has 1 aliphatic rings. The van der Waals surface area contributed by atoms with Gasteiger partial charge in [0.25, 0.3) is 5.91 Å². The van der Waals surface area contributed by atoms with E-state index < -0.39 is 0 Å². The van der Waals surface area contributed by atoms with Crippen LogP contribution in [0.2, 0.25) is 0 Å². The van der Waals surface area contributed by atoms with Crippen LogP contribution in [0.5, 0.6) is 0 Å². The molecule has 2 N–H and O–H groups in total. The van der Waals surface area contributed by atoms with Crippen molar-refractivity contribution in [1.82, 2.24) is 10.9 Å². The van der Waals surface area contributed by atoms with Crippen LogP contribution in [0.1, 0.15) is 53.1 Å². The zero-order valence-electron chi connectivity index (χ0n) is 11.2. The molecule has 0 spiro atoms. The van der Waals surface area contributed by atoms with Gasteiger partial charge in [-0.15, -0.1) is 11.3 Å². The molecule has 1 aromatic heterocycles. The van der Waals surface area contributed by atoms with E-state index >= 15 is 0 Å². The molecule has 1 saturated carbocycles. The van der Waals surface area contributed by atoms with Gasteiger partial charge in [-0.2, -0.15) is 0 Å². The summed E-state index contributed by atoms with van der Waals surface area (Å²) in [6.07, 6.45) is 6.50. The Morgan fingerprint density at radius 3 is 2.63 bits per heavy atom. The Balaban J connectivity index is 1.66. The van der Waals surface area contributed by atoms with Crippen molar-refractivity contribution in [3.8, 4) is 0 Å². The van der Waals surface area contributed by atoms with Gasteiger partial charge in [-0.1, -0.05) is 25.7 Å². The molecular weight excluding hydrogens is 260 g/mol. The summed E-state index contributed by atoms with van der Waals surface area (Å²) >= 11 is 1.42. The molecule has 4 nitrogen and oxygen atoms in total. The fourth-order valence-corrected chi connectivity index (χ4v) is 3.20. The Kier molecular flexibility index (Phi) is 4.96. The van der Waals surface area contributed by atoms with Crippen LogP contribution in [0.4, 0.5) is 0 Å². The third-order valence-corrected chi connectivity index (χ3v) is 4.53. The van der Waals surface area contributed by atoms with Crippen molar-refractivity contribution in [3.05, 3.63) is 21.9 Å². The minimum absolute atomic E-state index is 0.103. The predicted octanol–water partition coefficient (Wildman–Crippen LogP) is 2.79. The summed E-state index contributed by atoms with van der Waals surface area (Å²) in [6.45, 7) is 1.95. The number of hydrogen-bond acceptors (Lipinski definition) is 3. The lowest BCUT2D eigenvalue weighted by atomic mass is 10.0. The van der Waals surface area contributed by atoms with Crippen molar-refractivity contribution < 1.29 is 9.59 Å². The lowest BCUT2D eigenvalue weighted by Gasteiger charge is -2.09. The van der Waals surface area contributed by atoms with Gasteiger partial charge in [0.05, 0.1) is 4.88 Å². The first-order valence-electron chi connectivity index (χ1n) is 6.81. The van der Waals surface area contributed by atoms with Gasteiger partial charge in [-0.3, -0.25) is 20.4 Å². The molecular formula is C14H20N2O2S. The van der Waals surface area contributed by atoms with Crippen LogP contribution in [0.15, 0.2) is 12.1 Å². The number of thiophene rings is 1. The Morgan fingerprint density at radius 1 is 1.26 bits per heavy atom. The van der Waals surface area contributed by atoms with Crippen LogP contribution in [-0.4, -0.2) is 11.8 Å². The molecule has 0 aromatic carbocycles. The van der Waals surface area contributed by atoms with E-state index in [9.17, 15) is 9.59 Å². The number of aryl methyl sites for hydroxylation is 1. The standard InChI is InChI=1S/C14H20N2O2S/c1-10-6-8-12(19-10)14(18)16-15-13(17)9-7-11-4-2-3-5-11/h6,8,11H,2-5,7,9H2,1H3,(H,15,17)(H,16,18). The highest BCUT2D eigenvalue weighted by molar-refractivity contribution is 7.13. The first-order valence-corrected chi connectivity index (χ1v) is 7.62.